The SMILES string of the molecule is CN=C(NCc1cc(C#N)ccc1F)NCC1CCN(S(=O)(=O)C(F)(F)F)CC1.I. The van der Waals surface area contributed by atoms with Crippen LogP contribution in [0.4, 0.5) is 17.6 Å². The summed E-state index contributed by atoms with van der Waals surface area (Å²) in [5.41, 5.74) is -4.67. The number of aliphatic imine (C=N–C) groups is 1. The zero-order chi connectivity index (χ0) is 21.7. The maximum Gasteiger partial charge on any atom is 0.511 e. The third-order valence-electron chi connectivity index (χ3n) is 4.61. The number of alkyl halides is 3. The van der Waals surface area contributed by atoms with E-state index in [1.807, 2.05) is 6.07 Å². The predicted molar refractivity (Wildman–Crippen MR) is 114 cm³/mol. The molecule has 1 saturated heterocycles. The molecule has 0 aliphatic carbocycles. The Hall–Kier alpha value is -1.66. The van der Waals surface area contributed by atoms with Crippen LogP contribution in [0.3, 0.4) is 0 Å². The van der Waals surface area contributed by atoms with Crippen LogP contribution < -0.4 is 10.6 Å². The van der Waals surface area contributed by atoms with Crippen LogP contribution in [-0.4, -0.2) is 50.9 Å². The smallest absolute Gasteiger partial charge is 0.356 e. The summed E-state index contributed by atoms with van der Waals surface area (Å²) in [6, 6.07) is 5.93. The molecular weight excluding hydrogens is 541 g/mol. The maximum absolute atomic E-state index is 13.8. The number of rotatable bonds is 5. The molecule has 1 heterocycles. The number of hydrogen-bond donors (Lipinski definition) is 2. The second-order valence-corrected chi connectivity index (χ2v) is 8.45. The van der Waals surface area contributed by atoms with Crippen molar-refractivity contribution in [2.24, 2.45) is 10.9 Å². The quantitative estimate of drug-likeness (QED) is 0.249. The highest BCUT2D eigenvalue weighted by Gasteiger charge is 2.50. The third kappa shape index (κ3) is 6.67. The minimum absolute atomic E-state index is 0. The molecule has 13 heteroatoms. The van der Waals surface area contributed by atoms with E-state index in [1.54, 1.807) is 0 Å². The molecule has 2 rings (SSSR count). The van der Waals surface area contributed by atoms with Crippen molar-refractivity contribution < 1.29 is 26.0 Å². The minimum atomic E-state index is -5.29. The van der Waals surface area contributed by atoms with E-state index < -0.39 is 21.3 Å². The molecule has 1 aromatic rings. The van der Waals surface area contributed by atoms with Crippen LogP contribution in [0.1, 0.15) is 24.0 Å². The fraction of sp³-hybridized carbons (Fsp3) is 0.529. The van der Waals surface area contributed by atoms with E-state index in [0.717, 1.165) is 0 Å². The lowest BCUT2D eigenvalue weighted by Crippen LogP contribution is -2.47. The number of nitrogens with zero attached hydrogens (tertiary/aromatic N) is 3. The Morgan fingerprint density at radius 3 is 2.47 bits per heavy atom. The summed E-state index contributed by atoms with van der Waals surface area (Å²) in [7, 11) is -3.78. The lowest BCUT2D eigenvalue weighted by molar-refractivity contribution is -0.0496. The van der Waals surface area contributed by atoms with E-state index in [-0.39, 0.29) is 67.9 Å². The van der Waals surface area contributed by atoms with E-state index >= 15 is 0 Å². The van der Waals surface area contributed by atoms with Gasteiger partial charge in [-0.05, 0) is 37.0 Å². The molecule has 168 valence electrons. The molecule has 7 nitrogen and oxygen atoms in total. The first-order valence-corrected chi connectivity index (χ1v) is 10.2. The van der Waals surface area contributed by atoms with E-state index in [4.69, 9.17) is 5.26 Å². The monoisotopic (exact) mass is 563 g/mol. The van der Waals surface area contributed by atoms with Crippen molar-refractivity contribution in [2.45, 2.75) is 24.9 Å². The van der Waals surface area contributed by atoms with Crippen LogP contribution in [0.25, 0.3) is 0 Å². The predicted octanol–water partition coefficient (Wildman–Crippen LogP) is 2.54. The Kier molecular flexibility index (Phi) is 9.76. The van der Waals surface area contributed by atoms with E-state index in [0.29, 0.717) is 22.4 Å². The molecule has 0 bridgehead atoms. The van der Waals surface area contributed by atoms with Gasteiger partial charge < -0.3 is 10.6 Å². The van der Waals surface area contributed by atoms with Crippen molar-refractivity contribution in [1.82, 2.24) is 14.9 Å². The van der Waals surface area contributed by atoms with Gasteiger partial charge in [0.15, 0.2) is 5.96 Å². The molecule has 0 atom stereocenters. The Morgan fingerprint density at radius 1 is 1.30 bits per heavy atom. The number of hydrogen-bond acceptors (Lipinski definition) is 4. The first-order valence-electron chi connectivity index (χ1n) is 8.78. The minimum Gasteiger partial charge on any atom is -0.356 e. The summed E-state index contributed by atoms with van der Waals surface area (Å²) in [6.07, 6.45) is 0.552. The Bertz CT molecular complexity index is 894. The van der Waals surface area contributed by atoms with Crippen molar-refractivity contribution in [2.75, 3.05) is 26.7 Å². The fourth-order valence-electron chi connectivity index (χ4n) is 2.92. The molecule has 0 unspecified atom stereocenters. The van der Waals surface area contributed by atoms with Gasteiger partial charge in [0.2, 0.25) is 0 Å². The van der Waals surface area contributed by atoms with Gasteiger partial charge in [0.05, 0.1) is 11.6 Å². The van der Waals surface area contributed by atoms with Crippen LogP contribution in [0, 0.1) is 23.1 Å². The van der Waals surface area contributed by atoms with Crippen LogP contribution in [0.5, 0.6) is 0 Å². The number of benzene rings is 1. The summed E-state index contributed by atoms with van der Waals surface area (Å²) >= 11 is 0. The molecule has 30 heavy (non-hydrogen) atoms. The van der Waals surface area contributed by atoms with Gasteiger partial charge in [-0.25, -0.2) is 12.8 Å². The Labute approximate surface area is 189 Å². The van der Waals surface area contributed by atoms with Crippen LogP contribution >= 0.6 is 24.0 Å². The van der Waals surface area contributed by atoms with Gasteiger partial charge in [0.1, 0.15) is 5.82 Å². The lowest BCUT2D eigenvalue weighted by Gasteiger charge is -2.31. The van der Waals surface area contributed by atoms with Gasteiger partial charge >= 0.3 is 15.5 Å². The second kappa shape index (κ2) is 11.1. The number of piperidine rings is 1. The van der Waals surface area contributed by atoms with Crippen LogP contribution in [-0.2, 0) is 16.6 Å². The topological polar surface area (TPSA) is 97.6 Å². The van der Waals surface area contributed by atoms with Crippen LogP contribution in [0.2, 0.25) is 0 Å². The van der Waals surface area contributed by atoms with Gasteiger partial charge in [0.25, 0.3) is 0 Å². The van der Waals surface area contributed by atoms with Crippen molar-refractivity contribution in [1.29, 1.82) is 5.26 Å². The maximum atomic E-state index is 13.8. The molecular formula is C17H22F4IN5O2S. The zero-order valence-corrected chi connectivity index (χ0v) is 19.2. The molecule has 1 aromatic carbocycles. The molecule has 0 aromatic heterocycles. The van der Waals surface area contributed by atoms with Crippen molar-refractivity contribution in [3.8, 4) is 6.07 Å². The van der Waals surface area contributed by atoms with Gasteiger partial charge in [-0.1, -0.05) is 0 Å². The second-order valence-electron chi connectivity index (χ2n) is 6.52. The van der Waals surface area contributed by atoms with Crippen molar-refractivity contribution in [3.05, 3.63) is 35.1 Å². The molecule has 2 N–H and O–H groups in total. The van der Waals surface area contributed by atoms with E-state index in [1.165, 1.54) is 25.2 Å². The highest BCUT2D eigenvalue weighted by atomic mass is 127. The fourth-order valence-corrected chi connectivity index (χ4v) is 3.90. The molecule has 1 aliphatic heterocycles. The summed E-state index contributed by atoms with van der Waals surface area (Å²) in [5.74, 6) is -0.144. The first-order chi connectivity index (χ1) is 13.6. The third-order valence-corrected chi connectivity index (χ3v) is 6.24. The van der Waals surface area contributed by atoms with Gasteiger partial charge in [-0.15, -0.1) is 24.0 Å². The highest BCUT2D eigenvalue weighted by molar-refractivity contribution is 14.0. The first kappa shape index (κ1) is 26.4. The highest BCUT2D eigenvalue weighted by Crippen LogP contribution is 2.30. The van der Waals surface area contributed by atoms with E-state index in [9.17, 15) is 26.0 Å². The summed E-state index contributed by atoms with van der Waals surface area (Å²) in [5, 5.41) is 14.8. The number of nitriles is 1. The van der Waals surface area contributed by atoms with Crippen molar-refractivity contribution in [3.63, 3.8) is 0 Å². The van der Waals surface area contributed by atoms with Crippen LogP contribution in [0.15, 0.2) is 23.2 Å². The van der Waals surface area contributed by atoms with Gasteiger partial charge in [0, 0.05) is 38.8 Å². The van der Waals surface area contributed by atoms with Gasteiger partial charge in [-0.2, -0.15) is 22.7 Å². The molecule has 0 amide bonds. The largest absolute Gasteiger partial charge is 0.511 e. The average Bonchev–Trinajstić information content (AvgIpc) is 2.68. The zero-order valence-electron chi connectivity index (χ0n) is 16.0. The number of sulfonamides is 1. The Morgan fingerprint density at radius 2 is 1.93 bits per heavy atom. The molecule has 0 saturated carbocycles. The van der Waals surface area contributed by atoms with E-state index in [2.05, 4.69) is 15.6 Å². The number of guanidine groups is 1. The molecule has 1 fully saturated rings. The number of nitrogens with one attached hydrogen (secondary N) is 2. The average molecular weight is 563 g/mol. The standard InChI is InChI=1S/C17H21F4N5O2S.HI/c1-23-16(25-11-14-8-13(9-22)2-3-15(14)18)24-10-12-4-6-26(7-5-12)29(27,28)17(19,20)21;/h2-3,8,12H,4-7,10-11H2,1H3,(H2,23,24,25);1H. The summed E-state index contributed by atoms with van der Waals surface area (Å²) < 4.78 is 74.9. The molecule has 1 aliphatic rings. The lowest BCUT2D eigenvalue weighted by atomic mass is 9.98. The normalized spacial score (nSPS) is 16.5. The summed E-state index contributed by atoms with van der Waals surface area (Å²) in [4.78, 5) is 4.00. The van der Waals surface area contributed by atoms with Gasteiger partial charge in [-0.3, -0.25) is 4.99 Å². The molecule has 0 spiro atoms. The number of halogens is 5. The molecule has 0 radical (unpaired) electrons. The van der Waals surface area contributed by atoms with Crippen molar-refractivity contribution >= 4 is 40.0 Å². The Balaban J connectivity index is 0.00000450. The summed E-state index contributed by atoms with van der Waals surface area (Å²) in [6.45, 7) is 0.0579.